The topological polar surface area (TPSA) is 67.4 Å². The van der Waals surface area contributed by atoms with Gasteiger partial charge in [-0.1, -0.05) is 19.1 Å². The fourth-order valence-corrected chi connectivity index (χ4v) is 1.94. The minimum atomic E-state index is -0.665. The summed E-state index contributed by atoms with van der Waals surface area (Å²) in [6, 6.07) is 10.2. The molecular formula is C18H19FN2O3. The number of hydrogen-bond acceptors (Lipinski definition) is 3. The van der Waals surface area contributed by atoms with E-state index in [2.05, 4.69) is 10.6 Å². The van der Waals surface area contributed by atoms with E-state index in [0.29, 0.717) is 17.8 Å². The molecule has 2 N–H and O–H groups in total. The quantitative estimate of drug-likeness (QED) is 0.646. The molecule has 2 aromatic carbocycles. The third-order valence-corrected chi connectivity index (χ3v) is 3.25. The Balaban J connectivity index is 2.04. The van der Waals surface area contributed by atoms with Crippen molar-refractivity contribution in [3.05, 3.63) is 59.4 Å². The zero-order chi connectivity index (χ0) is 17.5. The van der Waals surface area contributed by atoms with Gasteiger partial charge in [0.05, 0.1) is 5.56 Å². The number of amides is 2. The van der Waals surface area contributed by atoms with Crippen molar-refractivity contribution >= 4 is 17.7 Å². The molecule has 0 bridgehead atoms. The van der Waals surface area contributed by atoms with Crippen LogP contribution in [-0.4, -0.2) is 18.5 Å². The molecule has 0 aliphatic rings. The number of anilines is 1. The second-order valence-corrected chi connectivity index (χ2v) is 5.26. The molecule has 0 aliphatic heterocycles. The Labute approximate surface area is 139 Å². The Hall–Kier alpha value is -2.89. The number of aryl methyl sites for hydroxylation is 1. The van der Waals surface area contributed by atoms with E-state index < -0.39 is 11.8 Å². The lowest BCUT2D eigenvalue weighted by atomic mass is 10.1. The van der Waals surface area contributed by atoms with E-state index in [0.717, 1.165) is 12.5 Å². The van der Waals surface area contributed by atoms with E-state index in [1.807, 2.05) is 6.92 Å². The summed E-state index contributed by atoms with van der Waals surface area (Å²) < 4.78 is 18.7. The molecule has 0 heterocycles. The molecule has 0 atom stereocenters. The van der Waals surface area contributed by atoms with Gasteiger partial charge in [0, 0.05) is 18.3 Å². The molecule has 0 radical (unpaired) electrons. The average Bonchev–Trinajstić information content (AvgIpc) is 2.55. The molecular weight excluding hydrogens is 311 g/mol. The van der Waals surface area contributed by atoms with Crippen molar-refractivity contribution in [1.29, 1.82) is 0 Å². The van der Waals surface area contributed by atoms with Gasteiger partial charge in [-0.3, -0.25) is 0 Å². The average molecular weight is 330 g/mol. The Bertz CT molecular complexity index is 747. The first-order valence-electron chi connectivity index (χ1n) is 7.63. The van der Waals surface area contributed by atoms with Gasteiger partial charge in [0.1, 0.15) is 11.6 Å². The van der Waals surface area contributed by atoms with Crippen LogP contribution in [0.1, 0.15) is 29.3 Å². The van der Waals surface area contributed by atoms with Crippen LogP contribution in [0.3, 0.4) is 0 Å². The number of esters is 1. The molecule has 126 valence electrons. The predicted octanol–water partition coefficient (Wildman–Crippen LogP) is 3.88. The van der Waals surface area contributed by atoms with Crippen molar-refractivity contribution in [3.63, 3.8) is 0 Å². The zero-order valence-electron chi connectivity index (χ0n) is 13.6. The van der Waals surface area contributed by atoms with Crippen LogP contribution in [0.25, 0.3) is 0 Å². The van der Waals surface area contributed by atoms with Crippen molar-refractivity contribution in [2.45, 2.75) is 20.3 Å². The van der Waals surface area contributed by atoms with Gasteiger partial charge in [-0.05, 0) is 43.2 Å². The normalized spacial score (nSPS) is 10.1. The van der Waals surface area contributed by atoms with Crippen LogP contribution in [0.5, 0.6) is 5.75 Å². The summed E-state index contributed by atoms with van der Waals surface area (Å²) in [6.45, 7) is 4.14. The van der Waals surface area contributed by atoms with E-state index in [-0.39, 0.29) is 17.3 Å². The van der Waals surface area contributed by atoms with Gasteiger partial charge in [0.15, 0.2) is 0 Å². The SMILES string of the molecule is CCCNC(=O)Nc1cccc(OC(=O)c2ccc(C)c(F)c2)c1. The Kier molecular flexibility index (Phi) is 5.89. The van der Waals surface area contributed by atoms with Crippen LogP contribution >= 0.6 is 0 Å². The summed E-state index contributed by atoms with van der Waals surface area (Å²) in [7, 11) is 0. The number of carbonyl (C=O) groups is 2. The number of nitrogens with one attached hydrogen (secondary N) is 2. The second-order valence-electron chi connectivity index (χ2n) is 5.26. The fourth-order valence-electron chi connectivity index (χ4n) is 1.94. The largest absolute Gasteiger partial charge is 0.423 e. The van der Waals surface area contributed by atoms with E-state index in [4.69, 9.17) is 4.74 Å². The van der Waals surface area contributed by atoms with Crippen molar-refractivity contribution < 1.29 is 18.7 Å². The fraction of sp³-hybridized carbons (Fsp3) is 0.222. The van der Waals surface area contributed by atoms with Gasteiger partial charge in [0.25, 0.3) is 0 Å². The molecule has 6 heteroatoms. The van der Waals surface area contributed by atoms with E-state index in [1.54, 1.807) is 25.1 Å². The monoisotopic (exact) mass is 330 g/mol. The van der Waals surface area contributed by atoms with Gasteiger partial charge < -0.3 is 15.4 Å². The number of rotatable bonds is 5. The van der Waals surface area contributed by atoms with Crippen molar-refractivity contribution in [1.82, 2.24) is 5.32 Å². The minimum Gasteiger partial charge on any atom is -0.423 e. The van der Waals surface area contributed by atoms with E-state index in [1.165, 1.54) is 18.2 Å². The maximum Gasteiger partial charge on any atom is 0.343 e. The number of urea groups is 1. The number of carbonyl (C=O) groups excluding carboxylic acids is 2. The van der Waals surface area contributed by atoms with Gasteiger partial charge in [-0.15, -0.1) is 0 Å². The highest BCUT2D eigenvalue weighted by Crippen LogP contribution is 2.19. The lowest BCUT2D eigenvalue weighted by Gasteiger charge is -2.09. The number of halogens is 1. The summed E-state index contributed by atoms with van der Waals surface area (Å²) >= 11 is 0. The first-order chi connectivity index (χ1) is 11.5. The molecule has 0 spiro atoms. The number of hydrogen-bond donors (Lipinski definition) is 2. The van der Waals surface area contributed by atoms with Crippen molar-refractivity contribution in [2.24, 2.45) is 0 Å². The molecule has 0 unspecified atom stereocenters. The predicted molar refractivity (Wildman–Crippen MR) is 89.8 cm³/mol. The standard InChI is InChI=1S/C18H19FN2O3/c1-3-9-20-18(23)21-14-5-4-6-15(11-14)24-17(22)13-8-7-12(2)16(19)10-13/h4-8,10-11H,3,9H2,1-2H3,(H2,20,21,23). The molecule has 0 saturated heterocycles. The van der Waals surface area contributed by atoms with Crippen LogP contribution in [0.15, 0.2) is 42.5 Å². The van der Waals surface area contributed by atoms with Crippen molar-refractivity contribution in [3.8, 4) is 5.75 Å². The number of benzene rings is 2. The lowest BCUT2D eigenvalue weighted by Crippen LogP contribution is -2.29. The zero-order valence-corrected chi connectivity index (χ0v) is 13.6. The molecule has 0 aliphatic carbocycles. The first-order valence-corrected chi connectivity index (χ1v) is 7.63. The lowest BCUT2D eigenvalue weighted by molar-refractivity contribution is 0.0734. The van der Waals surface area contributed by atoms with Crippen LogP contribution in [0, 0.1) is 12.7 Å². The molecule has 2 amide bonds. The van der Waals surface area contributed by atoms with E-state index in [9.17, 15) is 14.0 Å². The maximum atomic E-state index is 13.5. The van der Waals surface area contributed by atoms with Gasteiger partial charge in [-0.25, -0.2) is 14.0 Å². The summed E-state index contributed by atoms with van der Waals surface area (Å²) in [5, 5.41) is 5.32. The van der Waals surface area contributed by atoms with Crippen LogP contribution < -0.4 is 15.4 Å². The Morgan fingerprint density at radius 3 is 2.67 bits per heavy atom. The summed E-state index contributed by atoms with van der Waals surface area (Å²) in [6.07, 6.45) is 0.832. The molecule has 0 saturated carbocycles. The molecule has 24 heavy (non-hydrogen) atoms. The summed E-state index contributed by atoms with van der Waals surface area (Å²) in [5.74, 6) is -0.872. The van der Waals surface area contributed by atoms with Crippen LogP contribution in [0.2, 0.25) is 0 Å². The molecule has 0 fully saturated rings. The third kappa shape index (κ3) is 4.81. The summed E-state index contributed by atoms with van der Waals surface area (Å²) in [5.41, 5.74) is 1.07. The van der Waals surface area contributed by atoms with Crippen LogP contribution in [0.4, 0.5) is 14.9 Å². The highest BCUT2D eigenvalue weighted by Gasteiger charge is 2.11. The molecule has 2 aromatic rings. The second kappa shape index (κ2) is 8.10. The Morgan fingerprint density at radius 2 is 1.96 bits per heavy atom. The third-order valence-electron chi connectivity index (χ3n) is 3.25. The maximum absolute atomic E-state index is 13.5. The van der Waals surface area contributed by atoms with Crippen LogP contribution in [-0.2, 0) is 0 Å². The molecule has 5 nitrogen and oxygen atoms in total. The Morgan fingerprint density at radius 1 is 1.17 bits per heavy atom. The highest BCUT2D eigenvalue weighted by molar-refractivity contribution is 5.92. The number of ether oxygens (including phenoxy) is 1. The molecule has 2 rings (SSSR count). The van der Waals surface area contributed by atoms with Gasteiger partial charge in [-0.2, -0.15) is 0 Å². The smallest absolute Gasteiger partial charge is 0.343 e. The molecule has 0 aromatic heterocycles. The highest BCUT2D eigenvalue weighted by atomic mass is 19.1. The van der Waals surface area contributed by atoms with E-state index >= 15 is 0 Å². The van der Waals surface area contributed by atoms with Gasteiger partial charge in [0.2, 0.25) is 0 Å². The first kappa shape index (κ1) is 17.5. The van der Waals surface area contributed by atoms with Gasteiger partial charge >= 0.3 is 12.0 Å². The minimum absolute atomic E-state index is 0.122. The van der Waals surface area contributed by atoms with Crippen molar-refractivity contribution in [2.75, 3.05) is 11.9 Å². The summed E-state index contributed by atoms with van der Waals surface area (Å²) in [4.78, 5) is 23.7.